The number of nitrogens with zero attached hydrogens (tertiary/aromatic N) is 3. The van der Waals surface area contributed by atoms with Gasteiger partial charge in [-0.05, 0) is 24.3 Å². The fourth-order valence-electron chi connectivity index (χ4n) is 2.95. The number of aromatic nitrogens is 2. The Balaban J connectivity index is 1.35. The Kier molecular flexibility index (Phi) is 5.59. The third kappa shape index (κ3) is 4.52. The maximum Gasteiger partial charge on any atom is 0.230 e. The minimum atomic E-state index is -0.306. The predicted molar refractivity (Wildman–Crippen MR) is 107 cm³/mol. The molecule has 1 fully saturated rings. The highest BCUT2D eigenvalue weighted by molar-refractivity contribution is 7.13. The molecule has 8 heteroatoms. The van der Waals surface area contributed by atoms with Gasteiger partial charge in [0.25, 0.3) is 0 Å². The average molecular weight is 398 g/mol. The molecule has 1 aromatic carbocycles. The van der Waals surface area contributed by atoms with Crippen LogP contribution in [-0.4, -0.2) is 42.2 Å². The zero-order valence-electron chi connectivity index (χ0n) is 15.1. The zero-order valence-corrected chi connectivity index (χ0v) is 15.9. The Labute approximate surface area is 166 Å². The van der Waals surface area contributed by atoms with Crippen LogP contribution < -0.4 is 10.2 Å². The van der Waals surface area contributed by atoms with Crippen LogP contribution in [0, 0.1) is 5.82 Å². The SMILES string of the molecule is O=C(Cc1csc(-c2cccc(F)c2)n1)Nc1ccc(N2CCOCC2)nc1. The summed E-state index contributed by atoms with van der Waals surface area (Å²) in [5.74, 6) is 0.401. The van der Waals surface area contributed by atoms with E-state index in [0.29, 0.717) is 35.2 Å². The number of anilines is 2. The Bertz CT molecular complexity index is 955. The second-order valence-corrected chi connectivity index (χ2v) is 7.24. The third-order valence-corrected chi connectivity index (χ3v) is 5.27. The van der Waals surface area contributed by atoms with Gasteiger partial charge >= 0.3 is 0 Å². The van der Waals surface area contributed by atoms with Gasteiger partial charge in [0.15, 0.2) is 0 Å². The van der Waals surface area contributed by atoms with Crippen LogP contribution in [0.1, 0.15) is 5.69 Å². The van der Waals surface area contributed by atoms with E-state index < -0.39 is 0 Å². The Hall–Kier alpha value is -2.84. The molecule has 4 rings (SSSR count). The van der Waals surface area contributed by atoms with Gasteiger partial charge in [-0.3, -0.25) is 4.79 Å². The highest BCUT2D eigenvalue weighted by Gasteiger charge is 2.13. The van der Waals surface area contributed by atoms with Crippen molar-refractivity contribution in [3.8, 4) is 10.6 Å². The second kappa shape index (κ2) is 8.45. The van der Waals surface area contributed by atoms with E-state index >= 15 is 0 Å². The van der Waals surface area contributed by atoms with Crippen LogP contribution in [0.4, 0.5) is 15.9 Å². The molecule has 28 heavy (non-hydrogen) atoms. The first-order valence-electron chi connectivity index (χ1n) is 8.96. The van der Waals surface area contributed by atoms with E-state index in [1.165, 1.54) is 23.5 Å². The van der Waals surface area contributed by atoms with Gasteiger partial charge in [0, 0.05) is 24.0 Å². The fourth-order valence-corrected chi connectivity index (χ4v) is 3.77. The number of ether oxygens (including phenoxy) is 1. The number of halogens is 1. The van der Waals surface area contributed by atoms with E-state index in [2.05, 4.69) is 20.2 Å². The molecule has 1 aliphatic rings. The number of amides is 1. The van der Waals surface area contributed by atoms with E-state index in [1.54, 1.807) is 18.3 Å². The summed E-state index contributed by atoms with van der Waals surface area (Å²) >= 11 is 1.39. The molecule has 1 N–H and O–H groups in total. The molecular weight excluding hydrogens is 379 g/mol. The normalized spacial score (nSPS) is 14.1. The first kappa shape index (κ1) is 18.5. The standard InChI is InChI=1S/C20H19FN4O2S/c21-15-3-1-2-14(10-15)20-24-17(13-28-20)11-19(26)23-16-4-5-18(22-12-16)25-6-8-27-9-7-25/h1-5,10,12-13H,6-9,11H2,(H,23,26). The molecule has 0 spiro atoms. The number of hydrogen-bond donors (Lipinski definition) is 1. The van der Waals surface area contributed by atoms with Gasteiger partial charge in [-0.15, -0.1) is 11.3 Å². The number of nitrogens with one attached hydrogen (secondary N) is 1. The number of benzene rings is 1. The van der Waals surface area contributed by atoms with Crippen molar-refractivity contribution in [3.05, 3.63) is 59.5 Å². The number of carbonyl (C=O) groups excluding carboxylic acids is 1. The van der Waals surface area contributed by atoms with Gasteiger partial charge in [0.1, 0.15) is 16.6 Å². The van der Waals surface area contributed by atoms with Gasteiger partial charge in [-0.1, -0.05) is 12.1 Å². The first-order chi connectivity index (χ1) is 13.7. The quantitative estimate of drug-likeness (QED) is 0.714. The molecule has 0 atom stereocenters. The largest absolute Gasteiger partial charge is 0.378 e. The topological polar surface area (TPSA) is 67.4 Å². The number of pyridine rings is 1. The summed E-state index contributed by atoms with van der Waals surface area (Å²) in [7, 11) is 0. The van der Waals surface area contributed by atoms with E-state index in [4.69, 9.17) is 4.74 Å². The van der Waals surface area contributed by atoms with Crippen molar-refractivity contribution in [2.24, 2.45) is 0 Å². The first-order valence-corrected chi connectivity index (χ1v) is 9.84. The summed E-state index contributed by atoms with van der Waals surface area (Å²) in [6.07, 6.45) is 1.80. The lowest BCUT2D eigenvalue weighted by atomic mass is 10.2. The van der Waals surface area contributed by atoms with Crippen molar-refractivity contribution >= 4 is 28.7 Å². The van der Waals surface area contributed by atoms with Gasteiger partial charge in [0.05, 0.1) is 37.2 Å². The molecule has 0 saturated carbocycles. The van der Waals surface area contributed by atoms with E-state index in [1.807, 2.05) is 17.5 Å². The van der Waals surface area contributed by atoms with Crippen molar-refractivity contribution in [1.82, 2.24) is 9.97 Å². The van der Waals surface area contributed by atoms with Crippen molar-refractivity contribution in [2.75, 3.05) is 36.5 Å². The Morgan fingerprint density at radius 1 is 1.25 bits per heavy atom. The summed E-state index contributed by atoms with van der Waals surface area (Å²) in [5.41, 5.74) is 2.00. The molecule has 0 bridgehead atoms. The maximum absolute atomic E-state index is 13.4. The van der Waals surface area contributed by atoms with Crippen LogP contribution in [0.2, 0.25) is 0 Å². The van der Waals surface area contributed by atoms with Crippen LogP contribution in [0.15, 0.2) is 48.0 Å². The third-order valence-electron chi connectivity index (χ3n) is 4.33. The zero-order chi connectivity index (χ0) is 19.3. The Morgan fingerprint density at radius 3 is 2.86 bits per heavy atom. The van der Waals surface area contributed by atoms with Crippen LogP contribution >= 0.6 is 11.3 Å². The monoisotopic (exact) mass is 398 g/mol. The number of thiazole rings is 1. The number of morpholine rings is 1. The van der Waals surface area contributed by atoms with E-state index in [9.17, 15) is 9.18 Å². The summed E-state index contributed by atoms with van der Waals surface area (Å²) in [6, 6.07) is 10.0. The Morgan fingerprint density at radius 2 is 2.11 bits per heavy atom. The molecular formula is C20H19FN4O2S. The second-order valence-electron chi connectivity index (χ2n) is 6.38. The van der Waals surface area contributed by atoms with Gasteiger partial charge in [-0.2, -0.15) is 0 Å². The molecule has 144 valence electrons. The number of hydrogen-bond acceptors (Lipinski definition) is 6. The van der Waals surface area contributed by atoms with Crippen molar-refractivity contribution in [2.45, 2.75) is 6.42 Å². The molecule has 3 aromatic rings. The molecule has 0 aliphatic carbocycles. The summed E-state index contributed by atoms with van der Waals surface area (Å²) in [4.78, 5) is 23.3. The number of carbonyl (C=O) groups is 1. The smallest absolute Gasteiger partial charge is 0.230 e. The molecule has 0 unspecified atom stereocenters. The highest BCUT2D eigenvalue weighted by atomic mass is 32.1. The average Bonchev–Trinajstić information content (AvgIpc) is 3.17. The molecule has 2 aromatic heterocycles. The van der Waals surface area contributed by atoms with Crippen LogP contribution in [-0.2, 0) is 16.0 Å². The van der Waals surface area contributed by atoms with Gasteiger partial charge in [0.2, 0.25) is 5.91 Å². The molecule has 1 amide bonds. The summed E-state index contributed by atoms with van der Waals surface area (Å²) in [6.45, 7) is 3.03. The molecule has 0 radical (unpaired) electrons. The lowest BCUT2D eigenvalue weighted by Gasteiger charge is -2.27. The minimum absolute atomic E-state index is 0.150. The molecule has 1 aliphatic heterocycles. The van der Waals surface area contributed by atoms with Gasteiger partial charge < -0.3 is 15.0 Å². The summed E-state index contributed by atoms with van der Waals surface area (Å²) in [5, 5.41) is 5.35. The predicted octanol–water partition coefficient (Wildman–Crippen LogP) is 3.36. The molecule has 3 heterocycles. The van der Waals surface area contributed by atoms with Crippen molar-refractivity contribution in [1.29, 1.82) is 0 Å². The summed E-state index contributed by atoms with van der Waals surface area (Å²) < 4.78 is 18.7. The fraction of sp³-hybridized carbons (Fsp3) is 0.250. The minimum Gasteiger partial charge on any atom is -0.378 e. The van der Waals surface area contributed by atoms with Gasteiger partial charge in [-0.25, -0.2) is 14.4 Å². The van der Waals surface area contributed by atoms with Crippen LogP contribution in [0.5, 0.6) is 0 Å². The maximum atomic E-state index is 13.4. The highest BCUT2D eigenvalue weighted by Crippen LogP contribution is 2.24. The molecule has 1 saturated heterocycles. The van der Waals surface area contributed by atoms with Crippen molar-refractivity contribution < 1.29 is 13.9 Å². The lowest BCUT2D eigenvalue weighted by Crippen LogP contribution is -2.36. The van der Waals surface area contributed by atoms with Crippen LogP contribution in [0.25, 0.3) is 10.6 Å². The number of rotatable bonds is 5. The van der Waals surface area contributed by atoms with Crippen LogP contribution in [0.3, 0.4) is 0 Å². The van der Waals surface area contributed by atoms with E-state index in [-0.39, 0.29) is 18.1 Å². The van der Waals surface area contributed by atoms with Crippen molar-refractivity contribution in [3.63, 3.8) is 0 Å². The lowest BCUT2D eigenvalue weighted by molar-refractivity contribution is -0.115. The molecule has 6 nitrogen and oxygen atoms in total. The van der Waals surface area contributed by atoms with E-state index in [0.717, 1.165) is 18.9 Å².